The number of amidine groups is 1. The molecule has 1 atom stereocenters. The number of amides is 1. The molecule has 2 aliphatic rings. The number of halogens is 3. The van der Waals surface area contributed by atoms with Crippen LogP contribution in [-0.2, 0) is 19.6 Å². The van der Waals surface area contributed by atoms with Gasteiger partial charge in [-0.05, 0) is 12.2 Å². The second kappa shape index (κ2) is 6.26. The maximum absolute atomic E-state index is 12.4. The maximum Gasteiger partial charge on any atom is 0.391 e. The van der Waals surface area contributed by atoms with Crippen LogP contribution in [0.4, 0.5) is 13.2 Å². The SMILES string of the molecule is O=C(NC(CC(F)(F)F)C(=O)O)C1=CC=CN2CCS(=O)(=O)N=C12. The van der Waals surface area contributed by atoms with E-state index in [9.17, 15) is 31.2 Å². The Balaban J connectivity index is 2.25. The summed E-state index contributed by atoms with van der Waals surface area (Å²) in [6, 6.07) is -2.20. The smallest absolute Gasteiger partial charge is 0.391 e. The first-order valence-corrected chi connectivity index (χ1v) is 8.18. The van der Waals surface area contributed by atoms with E-state index in [4.69, 9.17) is 5.11 Å². The molecule has 8 nitrogen and oxygen atoms in total. The zero-order chi connectivity index (χ0) is 18.1. The van der Waals surface area contributed by atoms with E-state index in [-0.39, 0.29) is 23.7 Å². The Morgan fingerprint density at radius 3 is 2.67 bits per heavy atom. The van der Waals surface area contributed by atoms with Gasteiger partial charge in [-0.15, -0.1) is 4.40 Å². The molecule has 2 heterocycles. The van der Waals surface area contributed by atoms with Crippen molar-refractivity contribution in [3.05, 3.63) is 23.9 Å². The van der Waals surface area contributed by atoms with Gasteiger partial charge in [-0.25, -0.2) is 13.2 Å². The zero-order valence-corrected chi connectivity index (χ0v) is 12.8. The quantitative estimate of drug-likeness (QED) is 0.723. The summed E-state index contributed by atoms with van der Waals surface area (Å²) in [7, 11) is -3.80. The van der Waals surface area contributed by atoms with Gasteiger partial charge in [-0.1, -0.05) is 0 Å². The number of hydrogen-bond acceptors (Lipinski definition) is 5. The first kappa shape index (κ1) is 18.0. The first-order valence-electron chi connectivity index (χ1n) is 6.57. The molecule has 0 saturated heterocycles. The van der Waals surface area contributed by atoms with Crippen molar-refractivity contribution in [3.8, 4) is 0 Å². The number of alkyl halides is 3. The third-order valence-corrected chi connectivity index (χ3v) is 4.29. The van der Waals surface area contributed by atoms with Crippen LogP contribution < -0.4 is 5.32 Å². The Labute approximate surface area is 134 Å². The van der Waals surface area contributed by atoms with E-state index >= 15 is 0 Å². The second-order valence-corrected chi connectivity index (χ2v) is 6.75. The number of carboxylic acids is 1. The van der Waals surface area contributed by atoms with E-state index in [0.29, 0.717) is 0 Å². The van der Waals surface area contributed by atoms with E-state index < -0.39 is 40.5 Å². The maximum atomic E-state index is 12.4. The topological polar surface area (TPSA) is 116 Å². The molecule has 0 saturated carbocycles. The van der Waals surface area contributed by atoms with Crippen molar-refractivity contribution in [2.45, 2.75) is 18.6 Å². The van der Waals surface area contributed by atoms with Crippen molar-refractivity contribution >= 4 is 27.7 Å². The molecule has 0 aromatic carbocycles. The summed E-state index contributed by atoms with van der Waals surface area (Å²) in [4.78, 5) is 24.4. The average molecular weight is 367 g/mol. The molecule has 0 bridgehead atoms. The van der Waals surface area contributed by atoms with Crippen LogP contribution in [0.3, 0.4) is 0 Å². The lowest BCUT2D eigenvalue weighted by Crippen LogP contribution is -2.47. The van der Waals surface area contributed by atoms with Gasteiger partial charge >= 0.3 is 12.1 Å². The predicted octanol–water partition coefficient (Wildman–Crippen LogP) is 0.00580. The minimum Gasteiger partial charge on any atom is -0.480 e. The second-order valence-electron chi connectivity index (χ2n) is 5.00. The van der Waals surface area contributed by atoms with Crippen molar-refractivity contribution in [3.63, 3.8) is 0 Å². The Morgan fingerprint density at radius 1 is 1.42 bits per heavy atom. The molecule has 0 aliphatic carbocycles. The summed E-state index contributed by atoms with van der Waals surface area (Å²) >= 11 is 0. The first-order chi connectivity index (χ1) is 11.0. The van der Waals surface area contributed by atoms with Crippen LogP contribution in [0.1, 0.15) is 6.42 Å². The van der Waals surface area contributed by atoms with Gasteiger partial charge in [-0.2, -0.15) is 13.2 Å². The number of rotatable bonds is 4. The fraction of sp³-hybridized carbons (Fsp3) is 0.417. The summed E-state index contributed by atoms with van der Waals surface area (Å²) in [6.45, 7) is 0.0210. The van der Waals surface area contributed by atoms with Crippen LogP contribution in [0, 0.1) is 0 Å². The highest BCUT2D eigenvalue weighted by molar-refractivity contribution is 7.90. The van der Waals surface area contributed by atoms with Crippen molar-refractivity contribution in [2.75, 3.05) is 12.3 Å². The lowest BCUT2D eigenvalue weighted by Gasteiger charge is -2.29. The number of carboxylic acid groups (broad SMARTS) is 1. The lowest BCUT2D eigenvalue weighted by atomic mass is 10.1. The Morgan fingerprint density at radius 2 is 2.08 bits per heavy atom. The highest BCUT2D eigenvalue weighted by Gasteiger charge is 2.38. The molecule has 0 radical (unpaired) electrons. The minimum atomic E-state index is -4.80. The average Bonchev–Trinajstić information content (AvgIpc) is 2.43. The largest absolute Gasteiger partial charge is 0.480 e. The van der Waals surface area contributed by atoms with Crippen molar-refractivity contribution in [1.29, 1.82) is 0 Å². The highest BCUT2D eigenvalue weighted by Crippen LogP contribution is 2.23. The fourth-order valence-electron chi connectivity index (χ4n) is 2.06. The molecule has 0 aromatic rings. The van der Waals surface area contributed by atoms with E-state index in [2.05, 4.69) is 4.40 Å². The molecular formula is C12H12F3N3O5S. The summed E-state index contributed by atoms with van der Waals surface area (Å²) in [5.41, 5.74) is -0.325. The number of nitrogens with zero attached hydrogens (tertiary/aromatic N) is 2. The number of carbonyl (C=O) groups excluding carboxylic acids is 1. The summed E-state index contributed by atoms with van der Waals surface area (Å²) in [5.74, 6) is -3.54. The zero-order valence-electron chi connectivity index (χ0n) is 11.9. The minimum absolute atomic E-state index is 0.0210. The molecule has 0 fully saturated rings. The van der Waals surface area contributed by atoms with Gasteiger partial charge in [-0.3, -0.25) is 4.79 Å². The van der Waals surface area contributed by atoms with E-state index in [1.54, 1.807) is 5.32 Å². The van der Waals surface area contributed by atoms with Crippen molar-refractivity contribution in [2.24, 2.45) is 4.40 Å². The molecule has 1 amide bonds. The van der Waals surface area contributed by atoms with Gasteiger partial charge in [0.05, 0.1) is 17.7 Å². The third kappa shape index (κ3) is 4.34. The monoisotopic (exact) mass is 367 g/mol. The number of carbonyl (C=O) groups is 2. The Bertz CT molecular complexity index is 754. The third-order valence-electron chi connectivity index (χ3n) is 3.14. The van der Waals surface area contributed by atoms with Gasteiger partial charge in [0.2, 0.25) is 0 Å². The molecule has 24 heavy (non-hydrogen) atoms. The molecule has 2 N–H and O–H groups in total. The number of aliphatic carboxylic acids is 1. The van der Waals surface area contributed by atoms with E-state index in [1.807, 2.05) is 0 Å². The number of hydrogen-bond donors (Lipinski definition) is 2. The Kier molecular flexibility index (Phi) is 4.69. The predicted molar refractivity (Wildman–Crippen MR) is 75.4 cm³/mol. The number of allylic oxidation sites excluding steroid dienone is 2. The lowest BCUT2D eigenvalue weighted by molar-refractivity contribution is -0.159. The van der Waals surface area contributed by atoms with Gasteiger partial charge in [0.15, 0.2) is 5.84 Å². The molecule has 0 aromatic heterocycles. The molecule has 12 heteroatoms. The van der Waals surface area contributed by atoms with Crippen LogP contribution in [-0.4, -0.2) is 60.7 Å². The van der Waals surface area contributed by atoms with Crippen LogP contribution in [0.25, 0.3) is 0 Å². The van der Waals surface area contributed by atoms with Crippen molar-refractivity contribution in [1.82, 2.24) is 10.2 Å². The van der Waals surface area contributed by atoms with Gasteiger partial charge in [0.25, 0.3) is 15.9 Å². The van der Waals surface area contributed by atoms with Gasteiger partial charge in [0, 0.05) is 12.7 Å². The van der Waals surface area contributed by atoms with Crippen LogP contribution >= 0.6 is 0 Å². The number of sulfonamides is 1. The van der Waals surface area contributed by atoms with Gasteiger partial charge in [0.1, 0.15) is 6.04 Å². The standard InChI is InChI=1S/C12H12F3N3O5S/c13-12(14,15)6-8(11(20)21)16-10(19)7-2-1-3-18-4-5-24(22,23)17-9(7)18/h1-3,8H,4-6H2,(H,16,19)(H,20,21). The Hall–Kier alpha value is -2.37. The van der Waals surface area contributed by atoms with Crippen LogP contribution in [0.5, 0.6) is 0 Å². The van der Waals surface area contributed by atoms with Crippen LogP contribution in [0.15, 0.2) is 28.3 Å². The molecular weight excluding hydrogens is 355 g/mol. The molecule has 2 rings (SSSR count). The van der Waals surface area contributed by atoms with Crippen molar-refractivity contribution < 1.29 is 36.3 Å². The number of fused-ring (bicyclic) bond motifs is 1. The summed E-state index contributed by atoms with van der Waals surface area (Å²) in [6.07, 6.45) is -2.57. The fourth-order valence-corrected chi connectivity index (χ4v) is 3.05. The molecule has 1 unspecified atom stereocenters. The summed E-state index contributed by atoms with van der Waals surface area (Å²) < 4.78 is 63.7. The van der Waals surface area contributed by atoms with E-state index in [1.165, 1.54) is 17.2 Å². The highest BCUT2D eigenvalue weighted by atomic mass is 32.2. The van der Waals surface area contributed by atoms with Crippen LogP contribution in [0.2, 0.25) is 0 Å². The molecule has 132 valence electrons. The van der Waals surface area contributed by atoms with Gasteiger partial charge < -0.3 is 15.3 Å². The summed E-state index contributed by atoms with van der Waals surface area (Å²) in [5, 5.41) is 10.6. The van der Waals surface area contributed by atoms with E-state index in [0.717, 1.165) is 6.08 Å². The molecule has 2 aliphatic heterocycles. The molecule has 0 spiro atoms. The normalized spacial score (nSPS) is 20.5. The number of nitrogens with one attached hydrogen (secondary N) is 1.